The third-order valence-electron chi connectivity index (χ3n) is 4.20. The van der Waals surface area contributed by atoms with E-state index in [1.807, 2.05) is 12.1 Å². The molecule has 0 bridgehead atoms. The standard InChI is InChI=1S/C21H24N2O2S2/c1-21(2,3)27(24,25)23-19-10-6-16(7-11-19)15-22-18-12-8-17(9-13-18)20-5-4-14-26-20/h4-14,22-23H,15H2,1-3H3. The summed E-state index contributed by atoms with van der Waals surface area (Å²) in [7, 11) is -3.41. The third kappa shape index (κ3) is 4.90. The molecule has 0 radical (unpaired) electrons. The first kappa shape index (κ1) is 19.5. The zero-order valence-corrected chi connectivity index (χ0v) is 17.3. The Bertz CT molecular complexity index is 970. The van der Waals surface area contributed by atoms with Crippen molar-refractivity contribution in [1.29, 1.82) is 0 Å². The number of anilines is 2. The molecule has 0 fully saturated rings. The predicted molar refractivity (Wildman–Crippen MR) is 116 cm³/mol. The van der Waals surface area contributed by atoms with Crippen LogP contribution in [0.5, 0.6) is 0 Å². The number of nitrogens with one attached hydrogen (secondary N) is 2. The van der Waals surface area contributed by atoms with Crippen LogP contribution in [0.4, 0.5) is 11.4 Å². The molecule has 0 unspecified atom stereocenters. The Balaban J connectivity index is 1.59. The van der Waals surface area contributed by atoms with Gasteiger partial charge in [0.2, 0.25) is 10.0 Å². The average Bonchev–Trinajstić information content (AvgIpc) is 3.15. The summed E-state index contributed by atoms with van der Waals surface area (Å²) in [5.41, 5.74) is 3.92. The molecule has 6 heteroatoms. The zero-order valence-electron chi connectivity index (χ0n) is 15.7. The molecule has 3 rings (SSSR count). The zero-order chi connectivity index (χ0) is 19.5. The van der Waals surface area contributed by atoms with Crippen molar-refractivity contribution in [2.45, 2.75) is 32.1 Å². The maximum Gasteiger partial charge on any atom is 0.237 e. The summed E-state index contributed by atoms with van der Waals surface area (Å²) in [6, 6.07) is 20.0. The van der Waals surface area contributed by atoms with Gasteiger partial charge in [0.05, 0.1) is 4.75 Å². The van der Waals surface area contributed by atoms with Crippen molar-refractivity contribution in [3.63, 3.8) is 0 Å². The molecular weight excluding hydrogens is 376 g/mol. The van der Waals surface area contributed by atoms with Crippen LogP contribution in [-0.4, -0.2) is 13.2 Å². The van der Waals surface area contributed by atoms with Crippen LogP contribution < -0.4 is 10.0 Å². The van der Waals surface area contributed by atoms with Crippen molar-refractivity contribution in [3.05, 3.63) is 71.6 Å². The predicted octanol–water partition coefficient (Wildman–Crippen LogP) is 5.57. The minimum Gasteiger partial charge on any atom is -0.381 e. The molecule has 2 N–H and O–H groups in total. The van der Waals surface area contributed by atoms with Crippen molar-refractivity contribution in [1.82, 2.24) is 0 Å². The van der Waals surface area contributed by atoms with Gasteiger partial charge < -0.3 is 5.32 Å². The van der Waals surface area contributed by atoms with Gasteiger partial charge >= 0.3 is 0 Å². The van der Waals surface area contributed by atoms with Crippen molar-refractivity contribution in [2.75, 3.05) is 10.0 Å². The van der Waals surface area contributed by atoms with E-state index >= 15 is 0 Å². The lowest BCUT2D eigenvalue weighted by atomic mass is 10.1. The second-order valence-corrected chi connectivity index (χ2v) is 10.7. The SMILES string of the molecule is CC(C)(C)S(=O)(=O)Nc1ccc(CNc2ccc(-c3cccs3)cc2)cc1. The number of rotatable bonds is 6. The van der Waals surface area contributed by atoms with Crippen LogP contribution in [0.1, 0.15) is 26.3 Å². The molecule has 142 valence electrons. The maximum absolute atomic E-state index is 12.2. The van der Waals surface area contributed by atoms with Gasteiger partial charge in [-0.15, -0.1) is 11.3 Å². The van der Waals surface area contributed by atoms with E-state index in [1.54, 1.807) is 44.2 Å². The Morgan fingerprint density at radius 3 is 2.07 bits per heavy atom. The smallest absolute Gasteiger partial charge is 0.237 e. The first-order valence-electron chi connectivity index (χ1n) is 8.74. The van der Waals surface area contributed by atoms with Crippen molar-refractivity contribution in [2.24, 2.45) is 0 Å². The number of benzene rings is 2. The van der Waals surface area contributed by atoms with Gasteiger partial charge in [-0.1, -0.05) is 30.3 Å². The van der Waals surface area contributed by atoms with Gasteiger partial charge in [0.25, 0.3) is 0 Å². The number of hydrogen-bond donors (Lipinski definition) is 2. The molecule has 4 nitrogen and oxygen atoms in total. The van der Waals surface area contributed by atoms with E-state index in [0.717, 1.165) is 11.3 Å². The van der Waals surface area contributed by atoms with Gasteiger partial charge in [0.15, 0.2) is 0 Å². The Morgan fingerprint density at radius 1 is 0.889 bits per heavy atom. The highest BCUT2D eigenvalue weighted by Crippen LogP contribution is 2.26. The summed E-state index contributed by atoms with van der Waals surface area (Å²) in [5.74, 6) is 0. The molecule has 1 heterocycles. The molecule has 0 spiro atoms. The lowest BCUT2D eigenvalue weighted by molar-refractivity contribution is 0.566. The third-order valence-corrected chi connectivity index (χ3v) is 7.24. The van der Waals surface area contributed by atoms with Crippen LogP contribution in [0, 0.1) is 0 Å². The second-order valence-electron chi connectivity index (χ2n) is 7.32. The van der Waals surface area contributed by atoms with Gasteiger partial charge in [0.1, 0.15) is 0 Å². The molecule has 0 saturated heterocycles. The molecule has 0 atom stereocenters. The molecule has 0 amide bonds. The monoisotopic (exact) mass is 400 g/mol. The van der Waals surface area contributed by atoms with Crippen molar-refractivity contribution >= 4 is 32.7 Å². The minimum absolute atomic E-state index is 0.578. The minimum atomic E-state index is -3.41. The Labute approximate surface area is 165 Å². The first-order chi connectivity index (χ1) is 12.7. The summed E-state index contributed by atoms with van der Waals surface area (Å²) in [4.78, 5) is 1.26. The normalized spacial score (nSPS) is 12.0. The fourth-order valence-corrected chi connectivity index (χ4v) is 3.88. The number of sulfonamides is 1. The second kappa shape index (κ2) is 7.74. The van der Waals surface area contributed by atoms with Crippen LogP contribution in [0.3, 0.4) is 0 Å². The van der Waals surface area contributed by atoms with E-state index < -0.39 is 14.8 Å². The van der Waals surface area contributed by atoms with E-state index in [-0.39, 0.29) is 0 Å². The molecule has 0 aliphatic rings. The molecule has 27 heavy (non-hydrogen) atoms. The lowest BCUT2D eigenvalue weighted by Gasteiger charge is -2.20. The van der Waals surface area contributed by atoms with Crippen molar-refractivity contribution < 1.29 is 8.42 Å². The van der Waals surface area contributed by atoms with Gasteiger partial charge in [-0.3, -0.25) is 4.72 Å². The van der Waals surface area contributed by atoms with Crippen LogP contribution >= 0.6 is 11.3 Å². The molecule has 0 aliphatic carbocycles. The van der Waals surface area contributed by atoms with E-state index in [9.17, 15) is 8.42 Å². The highest BCUT2D eigenvalue weighted by molar-refractivity contribution is 7.94. The van der Waals surface area contributed by atoms with Crippen LogP contribution in [-0.2, 0) is 16.6 Å². The van der Waals surface area contributed by atoms with Crippen LogP contribution in [0.25, 0.3) is 10.4 Å². The highest BCUT2D eigenvalue weighted by Gasteiger charge is 2.28. The van der Waals surface area contributed by atoms with Gasteiger partial charge in [-0.2, -0.15) is 0 Å². The van der Waals surface area contributed by atoms with Crippen LogP contribution in [0.2, 0.25) is 0 Å². The van der Waals surface area contributed by atoms with E-state index in [2.05, 4.69) is 51.8 Å². The summed E-state index contributed by atoms with van der Waals surface area (Å²) in [6.07, 6.45) is 0. The Kier molecular flexibility index (Phi) is 5.58. The molecule has 0 aliphatic heterocycles. The fraction of sp³-hybridized carbons (Fsp3) is 0.238. The van der Waals surface area contributed by atoms with E-state index in [0.29, 0.717) is 12.2 Å². The summed E-state index contributed by atoms with van der Waals surface area (Å²) < 4.78 is 26.2. The fourth-order valence-electron chi connectivity index (χ4n) is 2.40. The molecule has 2 aromatic carbocycles. The first-order valence-corrected chi connectivity index (χ1v) is 11.1. The molecule has 1 aromatic heterocycles. The Morgan fingerprint density at radius 2 is 1.52 bits per heavy atom. The summed E-state index contributed by atoms with van der Waals surface area (Å²) in [6.45, 7) is 5.71. The van der Waals surface area contributed by atoms with Crippen LogP contribution in [0.15, 0.2) is 66.0 Å². The molecular formula is C21H24N2O2S2. The highest BCUT2D eigenvalue weighted by atomic mass is 32.2. The summed E-state index contributed by atoms with van der Waals surface area (Å²) in [5, 5.41) is 5.47. The summed E-state index contributed by atoms with van der Waals surface area (Å²) >= 11 is 1.73. The largest absolute Gasteiger partial charge is 0.381 e. The lowest BCUT2D eigenvalue weighted by Crippen LogP contribution is -2.33. The number of hydrogen-bond acceptors (Lipinski definition) is 4. The topological polar surface area (TPSA) is 58.2 Å². The van der Waals surface area contributed by atoms with Gasteiger partial charge in [0, 0.05) is 22.8 Å². The van der Waals surface area contributed by atoms with Crippen molar-refractivity contribution in [3.8, 4) is 10.4 Å². The quantitative estimate of drug-likeness (QED) is 0.569. The van der Waals surface area contributed by atoms with E-state index in [4.69, 9.17) is 0 Å². The average molecular weight is 401 g/mol. The maximum atomic E-state index is 12.2. The molecule has 0 saturated carbocycles. The van der Waals surface area contributed by atoms with Gasteiger partial charge in [-0.25, -0.2) is 8.42 Å². The van der Waals surface area contributed by atoms with E-state index in [1.165, 1.54) is 10.4 Å². The Hall–Kier alpha value is -2.31. The molecule has 3 aromatic rings. The number of thiophene rings is 1. The van der Waals surface area contributed by atoms with Gasteiger partial charge in [-0.05, 0) is 67.6 Å².